The summed E-state index contributed by atoms with van der Waals surface area (Å²) in [5, 5.41) is 2.94. The number of carbonyl (C=O) groups is 1. The van der Waals surface area contributed by atoms with Crippen LogP contribution in [-0.4, -0.2) is 29.5 Å². The highest BCUT2D eigenvalue weighted by Gasteiger charge is 2.30. The van der Waals surface area contributed by atoms with Crippen molar-refractivity contribution < 1.29 is 10.3 Å². The van der Waals surface area contributed by atoms with E-state index in [1.54, 1.807) is 0 Å². The highest BCUT2D eigenvalue weighted by Crippen LogP contribution is 2.33. The maximum absolute atomic E-state index is 11.9. The van der Waals surface area contributed by atoms with Crippen LogP contribution in [0.2, 0.25) is 0 Å². The normalized spacial score (nSPS) is 15.8. The van der Waals surface area contributed by atoms with Crippen LogP contribution in [0.1, 0.15) is 24.5 Å². The monoisotopic (exact) mass is 318 g/mol. The van der Waals surface area contributed by atoms with Gasteiger partial charge in [0.1, 0.15) is 0 Å². The molecule has 2 aliphatic rings. The van der Waals surface area contributed by atoms with E-state index in [2.05, 4.69) is 36.5 Å². The smallest absolute Gasteiger partial charge is 0.322 e. The van der Waals surface area contributed by atoms with Crippen LogP contribution in [0.3, 0.4) is 0 Å². The van der Waals surface area contributed by atoms with Crippen LogP contribution in [0, 0.1) is 0 Å². The summed E-state index contributed by atoms with van der Waals surface area (Å²) in [7, 11) is 0. The SMILES string of the molecule is CCC1=C2c3ccccc3CCN2C(=O)NC1.Cl.Cl.O. The van der Waals surface area contributed by atoms with Crippen LogP contribution in [0.5, 0.6) is 0 Å². The van der Waals surface area contributed by atoms with Gasteiger partial charge >= 0.3 is 6.03 Å². The Labute approximate surface area is 131 Å². The second-order valence-corrected chi connectivity index (χ2v) is 4.52. The summed E-state index contributed by atoms with van der Waals surface area (Å²) in [4.78, 5) is 13.8. The summed E-state index contributed by atoms with van der Waals surface area (Å²) in [5.41, 5.74) is 5.08. The molecule has 3 rings (SSSR count). The van der Waals surface area contributed by atoms with Crippen LogP contribution >= 0.6 is 24.8 Å². The maximum Gasteiger partial charge on any atom is 0.322 e. The van der Waals surface area contributed by atoms with Gasteiger partial charge in [-0.15, -0.1) is 24.8 Å². The molecular weight excluding hydrogens is 299 g/mol. The Morgan fingerprint density at radius 2 is 1.95 bits per heavy atom. The Hall–Kier alpha value is -1.23. The number of urea groups is 1. The molecule has 0 saturated heterocycles. The standard InChI is InChI=1S/C14H16N2O.2ClH.H2O/c1-2-10-9-15-14(17)16-8-7-11-5-3-4-6-12(11)13(10)16;;;/h3-6H,2,7-9H2,1H3,(H,15,17);2*1H;1H2. The number of nitrogens with one attached hydrogen (secondary N) is 1. The minimum atomic E-state index is 0. The van der Waals surface area contributed by atoms with Gasteiger partial charge < -0.3 is 10.8 Å². The molecule has 0 aliphatic carbocycles. The van der Waals surface area contributed by atoms with Gasteiger partial charge in [-0.3, -0.25) is 4.90 Å². The van der Waals surface area contributed by atoms with Gasteiger partial charge in [0.15, 0.2) is 0 Å². The summed E-state index contributed by atoms with van der Waals surface area (Å²) in [6.07, 6.45) is 1.94. The fourth-order valence-corrected chi connectivity index (χ4v) is 2.70. The van der Waals surface area contributed by atoms with Gasteiger partial charge in [0.25, 0.3) is 0 Å². The zero-order chi connectivity index (χ0) is 11.8. The molecular formula is C14H20Cl2N2O2. The summed E-state index contributed by atoms with van der Waals surface area (Å²) in [5.74, 6) is 0. The third kappa shape index (κ3) is 2.92. The number of nitrogens with zero attached hydrogens (tertiary/aromatic N) is 1. The molecule has 4 nitrogen and oxygen atoms in total. The van der Waals surface area contributed by atoms with Crippen molar-refractivity contribution in [3.8, 4) is 0 Å². The topological polar surface area (TPSA) is 63.8 Å². The minimum Gasteiger partial charge on any atom is -0.412 e. The molecule has 2 heterocycles. The first-order valence-corrected chi connectivity index (χ1v) is 6.17. The zero-order valence-corrected chi connectivity index (χ0v) is 12.9. The molecule has 0 spiro atoms. The number of benzene rings is 1. The third-order valence-electron chi connectivity index (χ3n) is 3.61. The van der Waals surface area contributed by atoms with E-state index in [-0.39, 0.29) is 36.3 Å². The average molecular weight is 319 g/mol. The van der Waals surface area contributed by atoms with E-state index < -0.39 is 0 Å². The minimum absolute atomic E-state index is 0. The van der Waals surface area contributed by atoms with Gasteiger partial charge in [0.2, 0.25) is 0 Å². The Morgan fingerprint density at radius 3 is 2.65 bits per heavy atom. The van der Waals surface area contributed by atoms with E-state index in [4.69, 9.17) is 0 Å². The molecule has 0 fully saturated rings. The van der Waals surface area contributed by atoms with Crippen molar-refractivity contribution in [1.82, 2.24) is 10.2 Å². The molecule has 0 aromatic heterocycles. The number of carbonyl (C=O) groups excluding carboxylic acids is 1. The number of fused-ring (bicyclic) bond motifs is 3. The number of hydrogen-bond acceptors (Lipinski definition) is 1. The number of rotatable bonds is 1. The van der Waals surface area contributed by atoms with Gasteiger partial charge in [-0.25, -0.2) is 4.79 Å². The number of hydrogen-bond donors (Lipinski definition) is 1. The van der Waals surface area contributed by atoms with Crippen LogP contribution < -0.4 is 5.32 Å². The van der Waals surface area contributed by atoms with E-state index >= 15 is 0 Å². The van der Waals surface area contributed by atoms with Crippen molar-refractivity contribution in [2.75, 3.05) is 13.1 Å². The molecule has 1 aromatic carbocycles. The Morgan fingerprint density at radius 1 is 1.25 bits per heavy atom. The quantitative estimate of drug-likeness (QED) is 0.849. The first-order chi connectivity index (χ1) is 8.31. The van der Waals surface area contributed by atoms with Crippen LogP contribution in [0.25, 0.3) is 5.70 Å². The van der Waals surface area contributed by atoms with E-state index in [9.17, 15) is 4.79 Å². The molecule has 6 heteroatoms. The number of amides is 2. The Kier molecular flexibility index (Phi) is 7.06. The van der Waals surface area contributed by atoms with Gasteiger partial charge in [-0.05, 0) is 24.0 Å². The second-order valence-electron chi connectivity index (χ2n) is 4.52. The molecule has 1 aromatic rings. The molecule has 0 radical (unpaired) electrons. The molecule has 0 atom stereocenters. The maximum atomic E-state index is 11.9. The van der Waals surface area contributed by atoms with Crippen molar-refractivity contribution in [3.63, 3.8) is 0 Å². The van der Waals surface area contributed by atoms with Crippen LogP contribution in [-0.2, 0) is 6.42 Å². The van der Waals surface area contributed by atoms with E-state index in [1.165, 1.54) is 16.7 Å². The highest BCUT2D eigenvalue weighted by atomic mass is 35.5. The fourth-order valence-electron chi connectivity index (χ4n) is 2.70. The number of halogens is 2. The zero-order valence-electron chi connectivity index (χ0n) is 11.3. The largest absolute Gasteiger partial charge is 0.412 e. The first-order valence-electron chi connectivity index (χ1n) is 6.17. The lowest BCUT2D eigenvalue weighted by Gasteiger charge is -2.37. The fraction of sp³-hybridized carbons (Fsp3) is 0.357. The van der Waals surface area contributed by atoms with E-state index in [0.29, 0.717) is 6.54 Å². The van der Waals surface area contributed by atoms with Crippen molar-refractivity contribution >= 4 is 36.5 Å². The molecule has 20 heavy (non-hydrogen) atoms. The van der Waals surface area contributed by atoms with E-state index in [1.807, 2.05) is 4.90 Å². The molecule has 2 amide bonds. The lowest BCUT2D eigenvalue weighted by Crippen LogP contribution is -2.47. The summed E-state index contributed by atoms with van der Waals surface area (Å²) < 4.78 is 0. The highest BCUT2D eigenvalue weighted by molar-refractivity contribution is 5.91. The van der Waals surface area contributed by atoms with E-state index in [0.717, 1.165) is 25.1 Å². The Bertz CT molecular complexity index is 518. The van der Waals surface area contributed by atoms with Gasteiger partial charge in [0, 0.05) is 18.7 Å². The van der Waals surface area contributed by atoms with Crippen molar-refractivity contribution in [2.45, 2.75) is 19.8 Å². The van der Waals surface area contributed by atoms with Crippen LogP contribution in [0.4, 0.5) is 4.79 Å². The second kappa shape index (κ2) is 7.53. The molecule has 112 valence electrons. The van der Waals surface area contributed by atoms with Gasteiger partial charge in [-0.2, -0.15) is 0 Å². The van der Waals surface area contributed by atoms with Crippen molar-refractivity contribution in [1.29, 1.82) is 0 Å². The third-order valence-corrected chi connectivity index (χ3v) is 3.61. The first kappa shape index (κ1) is 18.8. The van der Waals surface area contributed by atoms with Crippen LogP contribution in [0.15, 0.2) is 29.8 Å². The molecule has 2 aliphatic heterocycles. The van der Waals surface area contributed by atoms with Crippen molar-refractivity contribution in [2.24, 2.45) is 0 Å². The van der Waals surface area contributed by atoms with Gasteiger partial charge in [0.05, 0.1) is 5.70 Å². The Balaban J connectivity index is 0.00000120. The molecule has 0 unspecified atom stereocenters. The van der Waals surface area contributed by atoms with Crippen molar-refractivity contribution in [3.05, 3.63) is 41.0 Å². The molecule has 3 N–H and O–H groups in total. The lowest BCUT2D eigenvalue weighted by molar-refractivity contribution is 0.215. The average Bonchev–Trinajstić information content (AvgIpc) is 2.39. The predicted molar refractivity (Wildman–Crippen MR) is 85.6 cm³/mol. The summed E-state index contributed by atoms with van der Waals surface area (Å²) in [6, 6.07) is 8.47. The summed E-state index contributed by atoms with van der Waals surface area (Å²) >= 11 is 0. The van der Waals surface area contributed by atoms with Gasteiger partial charge in [-0.1, -0.05) is 31.2 Å². The predicted octanol–water partition coefficient (Wildman–Crippen LogP) is 2.41. The molecule has 0 bridgehead atoms. The molecule has 0 saturated carbocycles. The summed E-state index contributed by atoms with van der Waals surface area (Å²) in [6.45, 7) is 3.63. The lowest BCUT2D eigenvalue weighted by atomic mass is 9.92.